The molecule has 2 amide bonds. The molecule has 2 aromatic rings. The van der Waals surface area contributed by atoms with Gasteiger partial charge in [-0.15, -0.1) is 0 Å². The van der Waals surface area contributed by atoms with Crippen LogP contribution in [-0.4, -0.2) is 35.6 Å². The van der Waals surface area contributed by atoms with Gasteiger partial charge in [0.1, 0.15) is 6.54 Å². The minimum absolute atomic E-state index is 0.0986. The van der Waals surface area contributed by atoms with Crippen LogP contribution in [0.2, 0.25) is 0 Å². The first-order valence-corrected chi connectivity index (χ1v) is 8.74. The van der Waals surface area contributed by atoms with E-state index < -0.39 is 0 Å². The summed E-state index contributed by atoms with van der Waals surface area (Å²) in [5, 5.41) is 4.17. The largest absolute Gasteiger partial charge is 0.381 e. The lowest BCUT2D eigenvalue weighted by Crippen LogP contribution is -2.45. The van der Waals surface area contributed by atoms with Crippen molar-refractivity contribution in [3.8, 4) is 0 Å². The second-order valence-electron chi connectivity index (χ2n) is 6.75. The summed E-state index contributed by atoms with van der Waals surface area (Å²) in [7, 11) is 0. The normalized spacial score (nSPS) is 16.7. The molecule has 1 aliphatic heterocycles. The number of hydrogen-bond donors (Lipinski definition) is 2. The molecule has 1 aromatic carbocycles. The highest BCUT2D eigenvalue weighted by atomic mass is 16.5. The summed E-state index contributed by atoms with van der Waals surface area (Å²) in [5.41, 5.74) is 7.55. The van der Waals surface area contributed by atoms with Gasteiger partial charge in [0, 0.05) is 42.8 Å². The third-order valence-corrected chi connectivity index (χ3v) is 4.90. The number of primary amides is 1. The van der Waals surface area contributed by atoms with Crippen molar-refractivity contribution >= 4 is 22.7 Å². The molecular formula is C19H25N3O3. The van der Waals surface area contributed by atoms with E-state index in [1.807, 2.05) is 35.9 Å². The minimum atomic E-state index is -0.390. The highest BCUT2D eigenvalue weighted by Gasteiger charge is 2.27. The van der Waals surface area contributed by atoms with E-state index >= 15 is 0 Å². The van der Waals surface area contributed by atoms with Crippen LogP contribution in [0.5, 0.6) is 0 Å². The molecule has 134 valence electrons. The zero-order valence-electron chi connectivity index (χ0n) is 14.5. The predicted octanol–water partition coefficient (Wildman–Crippen LogP) is 1.74. The fourth-order valence-corrected chi connectivity index (χ4v) is 3.64. The SMILES string of the molecule is Cc1cn(CC(=O)NC(CC(N)=O)C2CCOCC2)c2ccccc12. The molecular weight excluding hydrogens is 318 g/mol. The number of nitrogens with two attached hydrogens (primary N) is 1. The zero-order valence-corrected chi connectivity index (χ0v) is 14.5. The van der Waals surface area contributed by atoms with Crippen molar-refractivity contribution in [1.29, 1.82) is 0 Å². The lowest BCUT2D eigenvalue weighted by molar-refractivity contribution is -0.124. The Bertz CT molecular complexity index is 762. The summed E-state index contributed by atoms with van der Waals surface area (Å²) < 4.78 is 7.32. The van der Waals surface area contributed by atoms with Crippen LogP contribution in [0.4, 0.5) is 0 Å². The lowest BCUT2D eigenvalue weighted by atomic mass is 9.89. The van der Waals surface area contributed by atoms with Gasteiger partial charge in [0.15, 0.2) is 0 Å². The first-order valence-electron chi connectivity index (χ1n) is 8.74. The first kappa shape index (κ1) is 17.5. The fourth-order valence-electron chi connectivity index (χ4n) is 3.64. The molecule has 0 aliphatic carbocycles. The van der Waals surface area contributed by atoms with E-state index in [0.29, 0.717) is 13.2 Å². The molecule has 0 spiro atoms. The number of hydrogen-bond acceptors (Lipinski definition) is 3. The third kappa shape index (κ3) is 4.20. The molecule has 0 radical (unpaired) electrons. The quantitative estimate of drug-likeness (QED) is 0.837. The summed E-state index contributed by atoms with van der Waals surface area (Å²) in [4.78, 5) is 24.0. The molecule has 3 N–H and O–H groups in total. The molecule has 1 fully saturated rings. The van der Waals surface area contributed by atoms with E-state index in [4.69, 9.17) is 10.5 Å². The second kappa shape index (κ2) is 7.70. The number of nitrogens with zero attached hydrogens (tertiary/aromatic N) is 1. The Kier molecular flexibility index (Phi) is 5.38. The van der Waals surface area contributed by atoms with Gasteiger partial charge in [-0.05, 0) is 37.3 Å². The molecule has 1 saturated heterocycles. The second-order valence-corrected chi connectivity index (χ2v) is 6.75. The number of para-hydroxylation sites is 1. The van der Waals surface area contributed by atoms with Crippen molar-refractivity contribution in [2.45, 2.75) is 38.8 Å². The van der Waals surface area contributed by atoms with Gasteiger partial charge in [-0.25, -0.2) is 0 Å². The van der Waals surface area contributed by atoms with Crippen LogP contribution in [-0.2, 0) is 20.9 Å². The molecule has 1 unspecified atom stereocenters. The van der Waals surface area contributed by atoms with Crippen LogP contribution in [0, 0.1) is 12.8 Å². The highest BCUT2D eigenvalue weighted by Crippen LogP contribution is 2.22. The monoisotopic (exact) mass is 343 g/mol. The molecule has 1 aliphatic rings. The Labute approximate surface area is 147 Å². The molecule has 0 saturated carbocycles. The molecule has 1 atom stereocenters. The zero-order chi connectivity index (χ0) is 17.8. The molecule has 25 heavy (non-hydrogen) atoms. The molecule has 6 nitrogen and oxygen atoms in total. The number of fused-ring (bicyclic) bond motifs is 1. The van der Waals surface area contributed by atoms with Gasteiger partial charge in [0.05, 0.1) is 0 Å². The average Bonchev–Trinajstić information content (AvgIpc) is 2.91. The number of carbonyl (C=O) groups is 2. The first-order chi connectivity index (χ1) is 12.0. The number of rotatable bonds is 6. The Morgan fingerprint density at radius 2 is 2.04 bits per heavy atom. The number of amides is 2. The Morgan fingerprint density at radius 3 is 2.76 bits per heavy atom. The van der Waals surface area contributed by atoms with E-state index in [2.05, 4.69) is 11.4 Å². The molecule has 2 heterocycles. The van der Waals surface area contributed by atoms with Crippen molar-refractivity contribution in [3.05, 3.63) is 36.0 Å². The summed E-state index contributed by atoms with van der Waals surface area (Å²) in [5.74, 6) is -0.258. The summed E-state index contributed by atoms with van der Waals surface area (Å²) in [6.07, 6.45) is 3.83. The van der Waals surface area contributed by atoms with Gasteiger partial charge in [-0.2, -0.15) is 0 Å². The maximum Gasteiger partial charge on any atom is 0.240 e. The topological polar surface area (TPSA) is 86.4 Å². The third-order valence-electron chi connectivity index (χ3n) is 4.90. The van der Waals surface area contributed by atoms with Gasteiger partial charge in [0.2, 0.25) is 11.8 Å². The summed E-state index contributed by atoms with van der Waals surface area (Å²) in [6.45, 7) is 3.59. The van der Waals surface area contributed by atoms with Crippen LogP contribution < -0.4 is 11.1 Å². The van der Waals surface area contributed by atoms with Crippen molar-refractivity contribution in [1.82, 2.24) is 9.88 Å². The average molecular weight is 343 g/mol. The number of carbonyl (C=O) groups excluding carboxylic acids is 2. The van der Waals surface area contributed by atoms with Crippen LogP contribution >= 0.6 is 0 Å². The van der Waals surface area contributed by atoms with Gasteiger partial charge < -0.3 is 20.4 Å². The molecule has 6 heteroatoms. The number of aromatic nitrogens is 1. The van der Waals surface area contributed by atoms with E-state index in [0.717, 1.165) is 29.3 Å². The van der Waals surface area contributed by atoms with E-state index in [-0.39, 0.29) is 36.7 Å². The Morgan fingerprint density at radius 1 is 1.32 bits per heavy atom. The Hall–Kier alpha value is -2.34. The summed E-state index contributed by atoms with van der Waals surface area (Å²) >= 11 is 0. The Balaban J connectivity index is 1.71. The standard InChI is InChI=1S/C19H25N3O3/c1-13-11-22(17-5-3-2-4-15(13)17)12-19(24)21-16(10-18(20)23)14-6-8-25-9-7-14/h2-5,11,14,16H,6-10,12H2,1H3,(H2,20,23)(H,21,24). The maximum atomic E-state index is 12.6. The van der Waals surface area contributed by atoms with E-state index in [9.17, 15) is 9.59 Å². The summed E-state index contributed by atoms with van der Waals surface area (Å²) in [6, 6.07) is 7.80. The number of nitrogens with one attached hydrogen (secondary N) is 1. The highest BCUT2D eigenvalue weighted by molar-refractivity contribution is 5.86. The fraction of sp³-hybridized carbons (Fsp3) is 0.474. The van der Waals surface area contributed by atoms with Crippen molar-refractivity contribution in [2.75, 3.05) is 13.2 Å². The van der Waals surface area contributed by atoms with Gasteiger partial charge >= 0.3 is 0 Å². The predicted molar refractivity (Wildman–Crippen MR) is 96.0 cm³/mol. The number of aryl methyl sites for hydroxylation is 1. The lowest BCUT2D eigenvalue weighted by Gasteiger charge is -2.30. The van der Waals surface area contributed by atoms with Crippen LogP contribution in [0.15, 0.2) is 30.5 Å². The van der Waals surface area contributed by atoms with E-state index in [1.54, 1.807) is 0 Å². The van der Waals surface area contributed by atoms with Crippen molar-refractivity contribution in [3.63, 3.8) is 0 Å². The van der Waals surface area contributed by atoms with Gasteiger partial charge in [-0.3, -0.25) is 9.59 Å². The van der Waals surface area contributed by atoms with Gasteiger partial charge in [0.25, 0.3) is 0 Å². The van der Waals surface area contributed by atoms with Crippen LogP contribution in [0.1, 0.15) is 24.8 Å². The smallest absolute Gasteiger partial charge is 0.240 e. The van der Waals surface area contributed by atoms with Crippen LogP contribution in [0.3, 0.4) is 0 Å². The van der Waals surface area contributed by atoms with Gasteiger partial charge in [-0.1, -0.05) is 18.2 Å². The van der Waals surface area contributed by atoms with Crippen LogP contribution in [0.25, 0.3) is 10.9 Å². The van der Waals surface area contributed by atoms with Crippen molar-refractivity contribution < 1.29 is 14.3 Å². The minimum Gasteiger partial charge on any atom is -0.381 e. The number of benzene rings is 1. The van der Waals surface area contributed by atoms with E-state index in [1.165, 1.54) is 0 Å². The maximum absolute atomic E-state index is 12.6. The number of ether oxygens (including phenoxy) is 1. The molecule has 1 aromatic heterocycles. The molecule has 3 rings (SSSR count). The molecule has 0 bridgehead atoms. The van der Waals surface area contributed by atoms with Crippen molar-refractivity contribution in [2.24, 2.45) is 11.7 Å².